The minimum Gasteiger partial charge on any atom is -0.390 e. The molecule has 1 heterocycles. The molecule has 2 N–H and O–H groups in total. The Bertz CT molecular complexity index is 729. The molecule has 136 valence electrons. The van der Waals surface area contributed by atoms with E-state index in [-0.39, 0.29) is 11.9 Å². The fourth-order valence-corrected chi connectivity index (χ4v) is 2.84. The molecule has 0 radical (unpaired) electrons. The van der Waals surface area contributed by atoms with E-state index < -0.39 is 5.60 Å². The Hall–Kier alpha value is -2.14. The molecule has 1 amide bonds. The predicted octanol–water partition coefficient (Wildman–Crippen LogP) is 3.19. The molecule has 5 heteroatoms. The van der Waals surface area contributed by atoms with Crippen molar-refractivity contribution in [3.05, 3.63) is 52.8 Å². The summed E-state index contributed by atoms with van der Waals surface area (Å²) in [7, 11) is 0. The van der Waals surface area contributed by atoms with Gasteiger partial charge in [0.25, 0.3) is 5.91 Å². The monoisotopic (exact) mass is 343 g/mol. The summed E-state index contributed by atoms with van der Waals surface area (Å²) in [6.45, 7) is 10.1. The molecule has 0 spiro atoms. The summed E-state index contributed by atoms with van der Waals surface area (Å²) in [4.78, 5) is 12.4. The third-order valence-electron chi connectivity index (χ3n) is 4.23. The lowest BCUT2D eigenvalue weighted by Crippen LogP contribution is -2.30. The maximum absolute atomic E-state index is 12.4. The minimum absolute atomic E-state index is 0.0847. The number of carbonyl (C=O) groups is 1. The molecule has 2 rings (SSSR count). The molecule has 0 saturated heterocycles. The van der Waals surface area contributed by atoms with Gasteiger partial charge in [0, 0.05) is 17.8 Å². The number of rotatable bonds is 7. The van der Waals surface area contributed by atoms with E-state index in [9.17, 15) is 9.90 Å². The van der Waals surface area contributed by atoms with E-state index in [1.165, 1.54) is 0 Å². The first-order chi connectivity index (χ1) is 11.7. The van der Waals surface area contributed by atoms with Crippen LogP contribution < -0.4 is 5.32 Å². The molecule has 0 saturated carbocycles. The van der Waals surface area contributed by atoms with Crippen LogP contribution in [0.1, 0.15) is 60.5 Å². The summed E-state index contributed by atoms with van der Waals surface area (Å²) in [5.41, 5.74) is 3.08. The zero-order valence-electron chi connectivity index (χ0n) is 15.8. The normalized spacial score (nSPS) is 12.9. The van der Waals surface area contributed by atoms with Gasteiger partial charge in [0.1, 0.15) is 0 Å². The van der Waals surface area contributed by atoms with Crippen LogP contribution in [0.3, 0.4) is 0 Å². The number of nitrogens with zero attached hydrogens (tertiary/aromatic N) is 2. The fraction of sp³-hybridized carbons (Fsp3) is 0.500. The van der Waals surface area contributed by atoms with Crippen LogP contribution in [0.15, 0.2) is 30.3 Å². The third kappa shape index (κ3) is 5.71. The van der Waals surface area contributed by atoms with Gasteiger partial charge in [0.15, 0.2) is 0 Å². The average Bonchev–Trinajstić information content (AvgIpc) is 2.88. The molecule has 1 unspecified atom stereocenters. The first-order valence-electron chi connectivity index (χ1n) is 8.78. The molecule has 1 aromatic carbocycles. The van der Waals surface area contributed by atoms with E-state index in [1.807, 2.05) is 55.8 Å². The van der Waals surface area contributed by atoms with Crippen molar-refractivity contribution in [2.24, 2.45) is 0 Å². The van der Waals surface area contributed by atoms with Crippen molar-refractivity contribution in [1.29, 1.82) is 0 Å². The van der Waals surface area contributed by atoms with Crippen LogP contribution in [0.2, 0.25) is 0 Å². The number of nitrogens with one attached hydrogen (secondary N) is 1. The van der Waals surface area contributed by atoms with Crippen molar-refractivity contribution in [2.75, 3.05) is 6.54 Å². The van der Waals surface area contributed by atoms with E-state index in [0.717, 1.165) is 23.4 Å². The van der Waals surface area contributed by atoms with Gasteiger partial charge in [-0.25, -0.2) is 0 Å². The SMILES string of the molecule is Cc1cc(C)n(C(C)CNC(=O)c2cccc(CCC(C)(C)O)c2)n1. The van der Waals surface area contributed by atoms with Crippen molar-refractivity contribution in [2.45, 2.75) is 59.1 Å². The highest BCUT2D eigenvalue weighted by molar-refractivity contribution is 5.94. The minimum atomic E-state index is -0.701. The molecule has 5 nitrogen and oxygen atoms in total. The smallest absolute Gasteiger partial charge is 0.251 e. The van der Waals surface area contributed by atoms with Crippen molar-refractivity contribution in [3.8, 4) is 0 Å². The Morgan fingerprint density at radius 3 is 2.64 bits per heavy atom. The highest BCUT2D eigenvalue weighted by atomic mass is 16.3. The summed E-state index contributed by atoms with van der Waals surface area (Å²) in [6, 6.07) is 9.72. The Labute approximate surface area is 150 Å². The van der Waals surface area contributed by atoms with E-state index in [1.54, 1.807) is 13.8 Å². The number of aromatic nitrogens is 2. The van der Waals surface area contributed by atoms with Crippen LogP contribution in [0.5, 0.6) is 0 Å². The number of benzene rings is 1. The van der Waals surface area contributed by atoms with Crippen LogP contribution in [0, 0.1) is 13.8 Å². The molecule has 0 aliphatic rings. The van der Waals surface area contributed by atoms with Gasteiger partial charge in [0.05, 0.1) is 17.3 Å². The lowest BCUT2D eigenvalue weighted by molar-refractivity contribution is 0.0714. The van der Waals surface area contributed by atoms with Crippen LogP contribution in [-0.2, 0) is 6.42 Å². The van der Waals surface area contributed by atoms with Crippen molar-refractivity contribution >= 4 is 5.91 Å². The largest absolute Gasteiger partial charge is 0.390 e. The summed E-state index contributed by atoms with van der Waals surface area (Å²) >= 11 is 0. The first-order valence-corrected chi connectivity index (χ1v) is 8.78. The maximum Gasteiger partial charge on any atom is 0.251 e. The molecule has 1 aromatic heterocycles. The number of aryl methyl sites for hydroxylation is 3. The summed E-state index contributed by atoms with van der Waals surface area (Å²) in [6.07, 6.45) is 1.40. The molecule has 1 atom stereocenters. The maximum atomic E-state index is 12.4. The van der Waals surface area contributed by atoms with Crippen LogP contribution in [0.25, 0.3) is 0 Å². The first kappa shape index (κ1) is 19.2. The zero-order chi connectivity index (χ0) is 18.6. The molecule has 0 fully saturated rings. The third-order valence-corrected chi connectivity index (χ3v) is 4.23. The van der Waals surface area contributed by atoms with Gasteiger partial charge in [0.2, 0.25) is 0 Å². The summed E-state index contributed by atoms with van der Waals surface area (Å²) in [5.74, 6) is -0.0847. The quantitative estimate of drug-likeness (QED) is 0.811. The van der Waals surface area contributed by atoms with Gasteiger partial charge in [-0.2, -0.15) is 5.10 Å². The molecule has 25 heavy (non-hydrogen) atoms. The lowest BCUT2D eigenvalue weighted by Gasteiger charge is -2.17. The van der Waals surface area contributed by atoms with Crippen molar-refractivity contribution in [3.63, 3.8) is 0 Å². The number of hydrogen-bond acceptors (Lipinski definition) is 3. The number of aliphatic hydroxyl groups is 1. The Kier molecular flexibility index (Phi) is 6.01. The van der Waals surface area contributed by atoms with Crippen LogP contribution in [-0.4, -0.2) is 32.9 Å². The molecule has 0 bridgehead atoms. The second kappa shape index (κ2) is 7.83. The number of amides is 1. The Morgan fingerprint density at radius 2 is 2.04 bits per heavy atom. The van der Waals surface area contributed by atoms with E-state index >= 15 is 0 Å². The summed E-state index contributed by atoms with van der Waals surface area (Å²) < 4.78 is 1.94. The predicted molar refractivity (Wildman–Crippen MR) is 99.8 cm³/mol. The van der Waals surface area contributed by atoms with Gasteiger partial charge in [-0.1, -0.05) is 12.1 Å². The second-order valence-electron chi connectivity index (χ2n) is 7.44. The highest BCUT2D eigenvalue weighted by Gasteiger charge is 2.14. The molecule has 0 aliphatic heterocycles. The van der Waals surface area contributed by atoms with Crippen molar-refractivity contribution in [1.82, 2.24) is 15.1 Å². The Morgan fingerprint density at radius 1 is 1.32 bits per heavy atom. The van der Waals surface area contributed by atoms with Crippen molar-refractivity contribution < 1.29 is 9.90 Å². The van der Waals surface area contributed by atoms with E-state index in [4.69, 9.17) is 0 Å². The topological polar surface area (TPSA) is 67.2 Å². The second-order valence-corrected chi connectivity index (χ2v) is 7.44. The van der Waals surface area contributed by atoms with Crippen LogP contribution in [0.4, 0.5) is 0 Å². The standard InChI is InChI=1S/C20H29N3O2/c1-14-11-15(2)23(22-14)16(3)13-21-19(24)18-8-6-7-17(12-18)9-10-20(4,5)25/h6-8,11-12,16,25H,9-10,13H2,1-5H3,(H,21,24). The summed E-state index contributed by atoms with van der Waals surface area (Å²) in [5, 5.41) is 17.3. The molecular formula is C20H29N3O2. The van der Waals surface area contributed by atoms with Gasteiger partial charge < -0.3 is 10.4 Å². The lowest BCUT2D eigenvalue weighted by atomic mass is 9.98. The van der Waals surface area contributed by atoms with Gasteiger partial charge in [-0.3, -0.25) is 9.48 Å². The Balaban J connectivity index is 1.95. The van der Waals surface area contributed by atoms with Gasteiger partial charge >= 0.3 is 0 Å². The van der Waals surface area contributed by atoms with E-state index in [0.29, 0.717) is 18.5 Å². The van der Waals surface area contributed by atoms with Crippen LogP contribution >= 0.6 is 0 Å². The zero-order valence-corrected chi connectivity index (χ0v) is 15.8. The molecule has 2 aromatic rings. The highest BCUT2D eigenvalue weighted by Crippen LogP contribution is 2.15. The van der Waals surface area contributed by atoms with E-state index in [2.05, 4.69) is 10.4 Å². The fourth-order valence-electron chi connectivity index (χ4n) is 2.84. The molecular weight excluding hydrogens is 314 g/mol. The average molecular weight is 343 g/mol. The number of carbonyl (C=O) groups excluding carboxylic acids is 1. The van der Waals surface area contributed by atoms with Gasteiger partial charge in [-0.05, 0) is 71.2 Å². The van der Waals surface area contributed by atoms with Gasteiger partial charge in [-0.15, -0.1) is 0 Å². The number of hydrogen-bond donors (Lipinski definition) is 2. The molecule has 0 aliphatic carbocycles.